The van der Waals surface area contributed by atoms with Crippen molar-refractivity contribution < 1.29 is 0 Å². The van der Waals surface area contributed by atoms with Gasteiger partial charge >= 0.3 is 0 Å². The predicted octanol–water partition coefficient (Wildman–Crippen LogP) is 1.08. The van der Waals surface area contributed by atoms with Crippen molar-refractivity contribution in [3.63, 3.8) is 0 Å². The van der Waals surface area contributed by atoms with Gasteiger partial charge in [-0.1, -0.05) is 0 Å². The van der Waals surface area contributed by atoms with Gasteiger partial charge in [0.25, 0.3) is 0 Å². The summed E-state index contributed by atoms with van der Waals surface area (Å²) in [4.78, 5) is 7.58. The van der Waals surface area contributed by atoms with Crippen molar-refractivity contribution in [1.82, 2.24) is 9.97 Å². The van der Waals surface area contributed by atoms with Crippen molar-refractivity contribution in [2.45, 2.75) is 0 Å². The fourth-order valence-corrected chi connectivity index (χ4v) is 0.560. The first kappa shape index (κ1) is 4.96. The number of hydrogen-bond acceptors (Lipinski definition) is 2. The largest absolute Gasteiger partial charge is 0.245 e. The van der Waals surface area contributed by atoms with Crippen molar-refractivity contribution in [3.8, 4) is 0 Å². The van der Waals surface area contributed by atoms with Gasteiger partial charge in [0.15, 0.2) is 0 Å². The van der Waals surface area contributed by atoms with Crippen LogP contribution in [-0.4, -0.2) is 9.97 Å². The van der Waals surface area contributed by atoms with E-state index in [4.69, 9.17) is 0 Å². The first-order valence-corrected chi connectivity index (χ1v) is 2.89. The van der Waals surface area contributed by atoms with E-state index < -0.39 is 0 Å². The molecule has 1 aromatic heterocycles. The topological polar surface area (TPSA) is 25.8 Å². The normalized spacial score (nSPS) is 8.71. The summed E-state index contributed by atoms with van der Waals surface area (Å²) in [6.45, 7) is 0. The van der Waals surface area contributed by atoms with Crippen molar-refractivity contribution in [3.05, 3.63) is 22.3 Å². The Hall–Kier alpha value is -0.190. The molecule has 0 saturated heterocycles. The Morgan fingerprint density at radius 3 is 2.71 bits per heavy atom. The molecule has 0 aliphatic carbocycles. The van der Waals surface area contributed by atoms with E-state index in [0.29, 0.717) is 0 Å². The van der Waals surface area contributed by atoms with Crippen LogP contribution in [0, 0.1) is 3.70 Å². The van der Waals surface area contributed by atoms with E-state index in [1.165, 1.54) is 6.33 Å². The van der Waals surface area contributed by atoms with Crippen LogP contribution in [0.2, 0.25) is 0 Å². The summed E-state index contributed by atoms with van der Waals surface area (Å²) in [5.74, 6) is 0. The monoisotopic (exact) mass is 206 g/mol. The Bertz CT molecular complexity index is 140. The van der Waals surface area contributed by atoms with Crippen LogP contribution in [0.4, 0.5) is 0 Å². The average molecular weight is 206 g/mol. The average Bonchev–Trinajstić information content (AvgIpc) is 1.69. The summed E-state index contributed by atoms with van der Waals surface area (Å²) >= 11 is 2.13. The van der Waals surface area contributed by atoms with E-state index >= 15 is 0 Å². The first-order chi connectivity index (χ1) is 3.39. The van der Waals surface area contributed by atoms with Gasteiger partial charge in [-0.05, 0) is 28.7 Å². The summed E-state index contributed by atoms with van der Waals surface area (Å²) in [6, 6.07) is 1.85. The third-order valence-electron chi connectivity index (χ3n) is 0.546. The van der Waals surface area contributed by atoms with Gasteiger partial charge in [-0.2, -0.15) is 0 Å². The summed E-state index contributed by atoms with van der Waals surface area (Å²) in [5.41, 5.74) is 0. The maximum Gasteiger partial charge on any atom is 0.116 e. The Balaban J connectivity index is 3.02. The van der Waals surface area contributed by atoms with E-state index in [2.05, 4.69) is 32.6 Å². The van der Waals surface area contributed by atoms with Crippen molar-refractivity contribution in [2.24, 2.45) is 0 Å². The lowest BCUT2D eigenvalue weighted by Gasteiger charge is -1.79. The molecular weight excluding hydrogens is 203 g/mol. The van der Waals surface area contributed by atoms with E-state index in [1.54, 1.807) is 6.20 Å². The highest BCUT2D eigenvalue weighted by Crippen LogP contribution is 1.92. The van der Waals surface area contributed by atoms with E-state index in [9.17, 15) is 0 Å². The van der Waals surface area contributed by atoms with Crippen molar-refractivity contribution in [1.29, 1.82) is 0 Å². The molecule has 1 rings (SSSR count). The van der Waals surface area contributed by atoms with Gasteiger partial charge in [-0.15, -0.1) is 0 Å². The molecule has 0 aliphatic rings. The van der Waals surface area contributed by atoms with E-state index in [-0.39, 0.29) is 0 Å². The lowest BCUT2D eigenvalue weighted by Crippen LogP contribution is -1.76. The molecule has 0 N–H and O–H groups in total. The van der Waals surface area contributed by atoms with Crippen LogP contribution in [0.15, 0.2) is 18.6 Å². The van der Waals surface area contributed by atoms with Gasteiger partial charge in [0, 0.05) is 6.20 Å². The zero-order valence-electron chi connectivity index (χ0n) is 3.50. The third kappa shape index (κ3) is 1.38. The maximum absolute atomic E-state index is 3.85. The maximum atomic E-state index is 3.85. The molecule has 7 heavy (non-hydrogen) atoms. The molecule has 0 unspecified atom stereocenters. The molecule has 0 saturated carbocycles. The molecule has 3 heteroatoms. The van der Waals surface area contributed by atoms with Crippen molar-refractivity contribution >= 4 is 22.6 Å². The van der Waals surface area contributed by atoms with Crippen LogP contribution < -0.4 is 0 Å². The SMILES string of the molecule is Ic1ccncn1. The molecule has 0 amide bonds. The number of nitrogens with zero attached hydrogens (tertiary/aromatic N) is 2. The molecular formula is C4H3IN2. The fourth-order valence-electron chi connectivity index (χ4n) is 0.275. The summed E-state index contributed by atoms with van der Waals surface area (Å²) < 4.78 is 0.979. The lowest BCUT2D eigenvalue weighted by molar-refractivity contribution is 1.14. The van der Waals surface area contributed by atoms with Crippen LogP contribution in [0.25, 0.3) is 0 Å². The standard InChI is InChI=1S/C4H3IN2/c5-4-1-2-6-3-7-4/h1-3H. The third-order valence-corrected chi connectivity index (χ3v) is 1.18. The molecule has 0 bridgehead atoms. The minimum Gasteiger partial charge on any atom is -0.245 e. The van der Waals surface area contributed by atoms with Crippen LogP contribution in [-0.2, 0) is 0 Å². The minimum atomic E-state index is 0.979. The fraction of sp³-hybridized carbons (Fsp3) is 0. The van der Waals surface area contributed by atoms with Gasteiger partial charge < -0.3 is 0 Å². The van der Waals surface area contributed by atoms with Crippen molar-refractivity contribution in [2.75, 3.05) is 0 Å². The van der Waals surface area contributed by atoms with Gasteiger partial charge in [-0.3, -0.25) is 0 Å². The minimum absolute atomic E-state index is 0.979. The Kier molecular flexibility index (Phi) is 1.56. The molecule has 0 aliphatic heterocycles. The van der Waals surface area contributed by atoms with Crippen LogP contribution in [0.5, 0.6) is 0 Å². The number of halogens is 1. The number of hydrogen-bond donors (Lipinski definition) is 0. The number of rotatable bonds is 0. The molecule has 36 valence electrons. The molecule has 0 atom stereocenters. The zero-order valence-corrected chi connectivity index (χ0v) is 5.66. The highest BCUT2D eigenvalue weighted by molar-refractivity contribution is 14.1. The van der Waals surface area contributed by atoms with Gasteiger partial charge in [0.1, 0.15) is 10.0 Å². The molecule has 0 radical (unpaired) electrons. The first-order valence-electron chi connectivity index (χ1n) is 1.81. The molecule has 1 heterocycles. The summed E-state index contributed by atoms with van der Waals surface area (Å²) in [6.07, 6.45) is 3.25. The molecule has 1 aromatic rings. The lowest BCUT2D eigenvalue weighted by atomic mass is 10.7. The smallest absolute Gasteiger partial charge is 0.116 e. The van der Waals surface area contributed by atoms with Gasteiger partial charge in [0.05, 0.1) is 0 Å². The molecule has 0 fully saturated rings. The molecule has 0 spiro atoms. The second-order valence-electron chi connectivity index (χ2n) is 1.03. The Morgan fingerprint density at radius 2 is 2.43 bits per heavy atom. The second kappa shape index (κ2) is 2.20. The zero-order chi connectivity index (χ0) is 5.11. The Morgan fingerprint density at radius 1 is 1.57 bits per heavy atom. The van der Waals surface area contributed by atoms with Gasteiger partial charge in [-0.25, -0.2) is 9.97 Å². The second-order valence-corrected chi connectivity index (χ2v) is 2.14. The molecule has 2 nitrogen and oxygen atoms in total. The highest BCUT2D eigenvalue weighted by Gasteiger charge is 1.76. The van der Waals surface area contributed by atoms with E-state index in [1.807, 2.05) is 6.07 Å². The van der Waals surface area contributed by atoms with E-state index in [0.717, 1.165) is 3.70 Å². The number of aromatic nitrogens is 2. The van der Waals surface area contributed by atoms with Crippen LogP contribution >= 0.6 is 22.6 Å². The highest BCUT2D eigenvalue weighted by atomic mass is 127. The van der Waals surface area contributed by atoms with Gasteiger partial charge in [0.2, 0.25) is 0 Å². The summed E-state index contributed by atoms with van der Waals surface area (Å²) in [7, 11) is 0. The Labute approximate surface area is 55.1 Å². The molecule has 0 aromatic carbocycles. The van der Waals surface area contributed by atoms with Crippen LogP contribution in [0.1, 0.15) is 0 Å². The predicted molar refractivity (Wildman–Crippen MR) is 34.7 cm³/mol. The quantitative estimate of drug-likeness (QED) is 0.468. The van der Waals surface area contributed by atoms with Crippen LogP contribution in [0.3, 0.4) is 0 Å². The summed E-state index contributed by atoms with van der Waals surface area (Å²) in [5, 5.41) is 0.